The molecule has 1 aliphatic rings. The lowest BCUT2D eigenvalue weighted by molar-refractivity contribution is -0.140. The monoisotopic (exact) mass is 567 g/mol. The van der Waals surface area contributed by atoms with E-state index in [9.17, 15) is 14.7 Å². The molecule has 0 atom stereocenters. The van der Waals surface area contributed by atoms with Gasteiger partial charge in [0.15, 0.2) is 0 Å². The van der Waals surface area contributed by atoms with Crippen molar-refractivity contribution in [3.8, 4) is 16.9 Å². The molecule has 0 amide bonds. The van der Waals surface area contributed by atoms with E-state index in [1.54, 1.807) is 16.4 Å². The maximum Gasteiger partial charge on any atom is 0.346 e. The smallest absolute Gasteiger partial charge is 0.346 e. The van der Waals surface area contributed by atoms with Gasteiger partial charge in [-0.3, -0.25) is 9.36 Å². The summed E-state index contributed by atoms with van der Waals surface area (Å²) in [5.41, 5.74) is 5.52. The van der Waals surface area contributed by atoms with Crippen molar-refractivity contribution in [2.24, 2.45) is 0 Å². The summed E-state index contributed by atoms with van der Waals surface area (Å²) in [6, 6.07) is 22.7. The summed E-state index contributed by atoms with van der Waals surface area (Å²) in [5.74, 6) is 0.659. The van der Waals surface area contributed by atoms with E-state index in [1.807, 2.05) is 25.1 Å². The SMILES string of the molecule is CCn1c(CCCc2ccc(-c3ccc(OC)c(C4(C(=O)O)CC4)c3)cc2)nn(Cc2ccc(C(C)(C)C)cc2)c1=O. The molecule has 0 unspecified atom stereocenters. The predicted molar refractivity (Wildman–Crippen MR) is 165 cm³/mol. The lowest BCUT2D eigenvalue weighted by Crippen LogP contribution is -2.25. The number of rotatable bonds is 11. The summed E-state index contributed by atoms with van der Waals surface area (Å²) in [5, 5.41) is 14.5. The minimum atomic E-state index is -0.829. The van der Waals surface area contributed by atoms with Crippen molar-refractivity contribution in [2.45, 2.75) is 83.7 Å². The highest BCUT2D eigenvalue weighted by atomic mass is 16.5. The molecule has 7 nitrogen and oxygen atoms in total. The zero-order valence-electron chi connectivity index (χ0n) is 25.3. The number of carboxylic acid groups (broad SMARTS) is 1. The molecular formula is C35H41N3O4. The van der Waals surface area contributed by atoms with Crippen molar-refractivity contribution < 1.29 is 14.6 Å². The first-order chi connectivity index (χ1) is 20.1. The molecule has 3 aromatic carbocycles. The van der Waals surface area contributed by atoms with Gasteiger partial charge >= 0.3 is 11.7 Å². The summed E-state index contributed by atoms with van der Waals surface area (Å²) >= 11 is 0. The third-order valence-corrected chi connectivity index (χ3v) is 8.50. The van der Waals surface area contributed by atoms with Gasteiger partial charge in [0.05, 0.1) is 19.1 Å². The summed E-state index contributed by atoms with van der Waals surface area (Å²) in [7, 11) is 1.58. The number of hydrogen-bond acceptors (Lipinski definition) is 4. The van der Waals surface area contributed by atoms with Crippen LogP contribution in [-0.4, -0.2) is 32.5 Å². The topological polar surface area (TPSA) is 86.3 Å². The number of carbonyl (C=O) groups is 1. The van der Waals surface area contributed by atoms with Gasteiger partial charge < -0.3 is 9.84 Å². The van der Waals surface area contributed by atoms with Gasteiger partial charge in [0.25, 0.3) is 0 Å². The maximum absolute atomic E-state index is 13.0. The van der Waals surface area contributed by atoms with E-state index in [2.05, 4.69) is 69.3 Å². The van der Waals surface area contributed by atoms with Crippen molar-refractivity contribution >= 4 is 5.97 Å². The zero-order chi connectivity index (χ0) is 30.1. The molecule has 4 aromatic rings. The molecule has 1 N–H and O–H groups in total. The van der Waals surface area contributed by atoms with Gasteiger partial charge in [-0.05, 0) is 78.0 Å². The number of aliphatic carboxylic acids is 1. The van der Waals surface area contributed by atoms with Gasteiger partial charge in [0, 0.05) is 18.5 Å². The molecule has 0 aliphatic heterocycles. The standard InChI is InChI=1S/C35H41N3O4/c1-6-37-31(36-38(33(37)41)23-25-12-17-28(18-13-25)34(2,3)4)9-7-8-24-10-14-26(15-11-24)27-16-19-30(42-5)29(22-27)35(20-21-35)32(39)40/h10-19,22H,6-9,20-21,23H2,1-5H3,(H,39,40). The first-order valence-electron chi connectivity index (χ1n) is 14.8. The van der Waals surface area contributed by atoms with Crippen LogP contribution in [0.1, 0.15) is 75.0 Å². The molecule has 7 heteroatoms. The van der Waals surface area contributed by atoms with E-state index >= 15 is 0 Å². The zero-order valence-corrected chi connectivity index (χ0v) is 25.3. The number of hydrogen-bond donors (Lipinski definition) is 1. The third-order valence-electron chi connectivity index (χ3n) is 8.50. The van der Waals surface area contributed by atoms with Crippen molar-refractivity contribution in [1.82, 2.24) is 14.3 Å². The highest BCUT2D eigenvalue weighted by molar-refractivity contribution is 5.87. The average Bonchev–Trinajstić information content (AvgIpc) is 3.74. The normalized spacial score (nSPS) is 14.1. The molecule has 1 aliphatic carbocycles. The number of aromatic nitrogens is 3. The molecule has 1 fully saturated rings. The van der Waals surface area contributed by atoms with E-state index in [0.29, 0.717) is 31.7 Å². The molecule has 1 saturated carbocycles. The maximum atomic E-state index is 13.0. The highest BCUT2D eigenvalue weighted by Crippen LogP contribution is 2.52. The highest BCUT2D eigenvalue weighted by Gasteiger charge is 2.53. The van der Waals surface area contributed by atoms with Gasteiger partial charge in [0.1, 0.15) is 11.6 Å². The molecular weight excluding hydrogens is 526 g/mol. The average molecular weight is 568 g/mol. The summed E-state index contributed by atoms with van der Waals surface area (Å²) in [4.78, 5) is 25.0. The van der Waals surface area contributed by atoms with Crippen LogP contribution in [-0.2, 0) is 41.6 Å². The fourth-order valence-electron chi connectivity index (χ4n) is 5.67. The second-order valence-corrected chi connectivity index (χ2v) is 12.4. The fraction of sp³-hybridized carbons (Fsp3) is 0.400. The molecule has 0 radical (unpaired) electrons. The minimum Gasteiger partial charge on any atom is -0.496 e. The van der Waals surface area contributed by atoms with Crippen LogP contribution >= 0.6 is 0 Å². The second kappa shape index (κ2) is 11.6. The van der Waals surface area contributed by atoms with E-state index in [0.717, 1.165) is 47.3 Å². The van der Waals surface area contributed by atoms with Crippen molar-refractivity contribution in [3.63, 3.8) is 0 Å². The molecule has 42 heavy (non-hydrogen) atoms. The predicted octanol–water partition coefficient (Wildman–Crippen LogP) is 6.38. The quantitative estimate of drug-likeness (QED) is 0.227. The lowest BCUT2D eigenvalue weighted by Gasteiger charge is -2.19. The van der Waals surface area contributed by atoms with Crippen molar-refractivity contribution in [1.29, 1.82) is 0 Å². The van der Waals surface area contributed by atoms with Crippen LogP contribution < -0.4 is 10.4 Å². The Labute approximate surface area is 247 Å². The molecule has 1 aromatic heterocycles. The van der Waals surface area contributed by atoms with Crippen LogP contribution in [0.15, 0.2) is 71.5 Å². The number of benzene rings is 3. The molecule has 0 saturated heterocycles. The first kappa shape index (κ1) is 29.4. The third kappa shape index (κ3) is 5.91. The molecule has 220 valence electrons. The molecule has 1 heterocycles. The fourth-order valence-corrected chi connectivity index (χ4v) is 5.67. The van der Waals surface area contributed by atoms with E-state index in [-0.39, 0.29) is 11.1 Å². The number of carboxylic acids is 1. The Kier molecular flexibility index (Phi) is 8.13. The van der Waals surface area contributed by atoms with Crippen LogP contribution in [0.25, 0.3) is 11.1 Å². The molecule has 0 bridgehead atoms. The van der Waals surface area contributed by atoms with Crippen molar-refractivity contribution in [3.05, 3.63) is 105 Å². The Hall–Kier alpha value is -4.13. The molecule has 5 rings (SSSR count). The Morgan fingerprint density at radius 3 is 2.17 bits per heavy atom. The van der Waals surface area contributed by atoms with Gasteiger partial charge in [-0.15, -0.1) is 0 Å². The van der Waals surface area contributed by atoms with Crippen LogP contribution in [0.4, 0.5) is 0 Å². The largest absolute Gasteiger partial charge is 0.496 e. The number of ether oxygens (including phenoxy) is 1. The van der Waals surface area contributed by atoms with Gasteiger partial charge in [-0.2, -0.15) is 5.10 Å². The Bertz CT molecular complexity index is 1620. The summed E-state index contributed by atoms with van der Waals surface area (Å²) in [6.07, 6.45) is 3.74. The first-order valence-corrected chi connectivity index (χ1v) is 14.8. The minimum absolute atomic E-state index is 0.0634. The number of nitrogens with zero attached hydrogens (tertiary/aromatic N) is 3. The van der Waals surface area contributed by atoms with E-state index in [4.69, 9.17) is 9.84 Å². The van der Waals surface area contributed by atoms with Gasteiger partial charge in [-0.1, -0.05) is 75.4 Å². The number of methoxy groups -OCH3 is 1. The molecule has 0 spiro atoms. The van der Waals surface area contributed by atoms with Crippen LogP contribution in [0.5, 0.6) is 5.75 Å². The van der Waals surface area contributed by atoms with Gasteiger partial charge in [0.2, 0.25) is 0 Å². The van der Waals surface area contributed by atoms with Crippen LogP contribution in [0.2, 0.25) is 0 Å². The van der Waals surface area contributed by atoms with Crippen LogP contribution in [0, 0.1) is 0 Å². The number of aryl methyl sites for hydroxylation is 2. The summed E-state index contributed by atoms with van der Waals surface area (Å²) in [6.45, 7) is 9.63. The summed E-state index contributed by atoms with van der Waals surface area (Å²) < 4.78 is 8.85. The van der Waals surface area contributed by atoms with E-state index in [1.165, 1.54) is 11.1 Å². The lowest BCUT2D eigenvalue weighted by atomic mass is 9.87. The van der Waals surface area contributed by atoms with Gasteiger partial charge in [-0.25, -0.2) is 9.48 Å². The van der Waals surface area contributed by atoms with Crippen molar-refractivity contribution in [2.75, 3.05) is 7.11 Å². The van der Waals surface area contributed by atoms with E-state index < -0.39 is 11.4 Å². The van der Waals surface area contributed by atoms with Crippen LogP contribution in [0.3, 0.4) is 0 Å². The second-order valence-electron chi connectivity index (χ2n) is 12.4. The Balaban J connectivity index is 1.24. The Morgan fingerprint density at radius 1 is 0.952 bits per heavy atom. The Morgan fingerprint density at radius 2 is 1.60 bits per heavy atom.